The molecule has 2 atom stereocenters. The van der Waals surface area contributed by atoms with E-state index in [-0.39, 0.29) is 5.92 Å². The Morgan fingerprint density at radius 1 is 1.23 bits per heavy atom. The van der Waals surface area contributed by atoms with Crippen LogP contribution in [-0.4, -0.2) is 28.0 Å². The number of carbonyl (C=O) groups is 1. The number of benzene rings is 1. The lowest BCUT2D eigenvalue weighted by Crippen LogP contribution is -2.43. The van der Waals surface area contributed by atoms with E-state index in [9.17, 15) is 4.79 Å². The molecule has 1 aliphatic carbocycles. The zero-order valence-electron chi connectivity index (χ0n) is 16.5. The number of nitrogens with zero attached hydrogens (tertiary/aromatic N) is 2. The highest BCUT2D eigenvalue weighted by Gasteiger charge is 2.30. The van der Waals surface area contributed by atoms with Gasteiger partial charge in [0.25, 0.3) is 0 Å². The van der Waals surface area contributed by atoms with Crippen molar-refractivity contribution in [2.24, 2.45) is 7.05 Å². The van der Waals surface area contributed by atoms with Gasteiger partial charge in [0, 0.05) is 43.2 Å². The van der Waals surface area contributed by atoms with Crippen molar-refractivity contribution >= 4 is 16.8 Å². The summed E-state index contributed by atoms with van der Waals surface area (Å²) in [5, 5.41) is 1.42. The molecule has 1 saturated carbocycles. The van der Waals surface area contributed by atoms with Crippen LogP contribution in [0.25, 0.3) is 10.9 Å². The van der Waals surface area contributed by atoms with Crippen molar-refractivity contribution in [1.29, 1.82) is 0 Å². The Morgan fingerprint density at radius 3 is 2.77 bits per heavy atom. The van der Waals surface area contributed by atoms with Gasteiger partial charge in [-0.1, -0.05) is 26.0 Å². The maximum absolute atomic E-state index is 13.0. The molecule has 2 unspecified atom stereocenters. The third-order valence-corrected chi connectivity index (χ3v) is 6.52. The number of hydrogen-bond acceptors (Lipinski definition) is 1. The van der Waals surface area contributed by atoms with Crippen LogP contribution in [0.15, 0.2) is 24.4 Å². The smallest absolute Gasteiger partial charge is 0.223 e. The van der Waals surface area contributed by atoms with E-state index in [2.05, 4.69) is 54.8 Å². The van der Waals surface area contributed by atoms with E-state index in [1.165, 1.54) is 47.7 Å². The molecule has 2 aliphatic rings. The Bertz CT molecular complexity index is 802. The van der Waals surface area contributed by atoms with Crippen molar-refractivity contribution in [3.8, 4) is 0 Å². The molecule has 2 aromatic rings. The van der Waals surface area contributed by atoms with Gasteiger partial charge in [-0.15, -0.1) is 0 Å². The van der Waals surface area contributed by atoms with Crippen LogP contribution in [0.3, 0.4) is 0 Å². The van der Waals surface area contributed by atoms with Crippen LogP contribution in [0, 0.1) is 0 Å². The number of aryl methyl sites for hydroxylation is 1. The van der Waals surface area contributed by atoms with Crippen molar-refractivity contribution < 1.29 is 4.79 Å². The fraction of sp³-hybridized carbons (Fsp3) is 0.609. The summed E-state index contributed by atoms with van der Waals surface area (Å²) < 4.78 is 2.24. The molecule has 1 aliphatic heterocycles. The number of amides is 1. The molecule has 2 fully saturated rings. The van der Waals surface area contributed by atoms with E-state index in [0.29, 0.717) is 18.4 Å². The first-order valence-electron chi connectivity index (χ1n) is 10.5. The first kappa shape index (κ1) is 17.6. The van der Waals surface area contributed by atoms with Gasteiger partial charge < -0.3 is 9.47 Å². The number of fused-ring (bicyclic) bond motifs is 1. The number of likely N-dealkylation sites (tertiary alicyclic amines) is 1. The van der Waals surface area contributed by atoms with Crippen LogP contribution in [0.4, 0.5) is 0 Å². The second-order valence-corrected chi connectivity index (χ2v) is 8.46. The Kier molecular flexibility index (Phi) is 4.81. The Balaban J connectivity index is 1.60. The van der Waals surface area contributed by atoms with Gasteiger partial charge in [0.15, 0.2) is 0 Å². The van der Waals surface area contributed by atoms with Gasteiger partial charge in [-0.05, 0) is 67.6 Å². The van der Waals surface area contributed by atoms with Crippen LogP contribution >= 0.6 is 0 Å². The highest BCUT2D eigenvalue weighted by molar-refractivity contribution is 5.89. The topological polar surface area (TPSA) is 25.2 Å². The predicted molar refractivity (Wildman–Crippen MR) is 108 cm³/mol. The maximum Gasteiger partial charge on any atom is 0.223 e. The largest absolute Gasteiger partial charge is 0.350 e. The van der Waals surface area contributed by atoms with Crippen LogP contribution in [-0.2, 0) is 11.8 Å². The number of piperidine rings is 1. The van der Waals surface area contributed by atoms with Gasteiger partial charge in [0.2, 0.25) is 5.91 Å². The molecule has 1 saturated heterocycles. The fourth-order valence-electron chi connectivity index (χ4n) is 4.86. The van der Waals surface area contributed by atoms with Gasteiger partial charge in [-0.25, -0.2) is 0 Å². The SMILES string of the molecule is CCC1CCCCN1C(=O)CC(C)c1cn(C)c2cccc(C3CC3)c12. The number of hydrogen-bond donors (Lipinski definition) is 0. The average Bonchev–Trinajstić information content (AvgIpc) is 3.45. The monoisotopic (exact) mass is 352 g/mol. The standard InChI is InChI=1S/C23H32N2O/c1-4-18-8-5-6-13-25(18)22(26)14-16(2)20-15-24(3)21-10-7-9-19(23(20)21)17-11-12-17/h7,9-10,15-18H,4-6,8,11-14H2,1-3H3. The number of rotatable bonds is 5. The number of aromatic nitrogens is 1. The van der Waals surface area contributed by atoms with Crippen LogP contribution in [0.2, 0.25) is 0 Å². The molecule has 4 rings (SSSR count). The summed E-state index contributed by atoms with van der Waals surface area (Å²) in [4.78, 5) is 15.2. The second kappa shape index (κ2) is 7.09. The molecule has 26 heavy (non-hydrogen) atoms. The van der Waals surface area contributed by atoms with Gasteiger partial charge in [-0.3, -0.25) is 4.79 Å². The van der Waals surface area contributed by atoms with Crippen molar-refractivity contribution in [3.63, 3.8) is 0 Å². The third kappa shape index (κ3) is 3.17. The maximum atomic E-state index is 13.0. The molecule has 140 valence electrons. The molecule has 0 bridgehead atoms. The first-order chi connectivity index (χ1) is 12.6. The van der Waals surface area contributed by atoms with Crippen LogP contribution < -0.4 is 0 Å². The summed E-state index contributed by atoms with van der Waals surface area (Å²) in [6, 6.07) is 7.17. The lowest BCUT2D eigenvalue weighted by atomic mass is 9.92. The van der Waals surface area contributed by atoms with Gasteiger partial charge >= 0.3 is 0 Å². The molecule has 3 heteroatoms. The lowest BCUT2D eigenvalue weighted by molar-refractivity contribution is -0.135. The summed E-state index contributed by atoms with van der Waals surface area (Å²) in [6.45, 7) is 5.40. The summed E-state index contributed by atoms with van der Waals surface area (Å²) in [5.41, 5.74) is 4.18. The molecular formula is C23H32N2O. The van der Waals surface area contributed by atoms with E-state index in [1.807, 2.05) is 0 Å². The Morgan fingerprint density at radius 2 is 2.04 bits per heavy atom. The third-order valence-electron chi connectivity index (χ3n) is 6.52. The minimum absolute atomic E-state index is 0.269. The molecular weight excluding hydrogens is 320 g/mol. The van der Waals surface area contributed by atoms with Gasteiger partial charge in [-0.2, -0.15) is 0 Å². The Hall–Kier alpha value is -1.77. The summed E-state index contributed by atoms with van der Waals surface area (Å²) in [6.07, 6.45) is 10.2. The van der Waals surface area contributed by atoms with E-state index in [1.54, 1.807) is 0 Å². The second-order valence-electron chi connectivity index (χ2n) is 8.46. The molecule has 0 N–H and O–H groups in total. The van der Waals surface area contributed by atoms with Crippen molar-refractivity contribution in [2.45, 2.75) is 76.7 Å². The van der Waals surface area contributed by atoms with Crippen molar-refractivity contribution in [1.82, 2.24) is 9.47 Å². The highest BCUT2D eigenvalue weighted by atomic mass is 16.2. The van der Waals surface area contributed by atoms with Gasteiger partial charge in [0.05, 0.1) is 0 Å². The van der Waals surface area contributed by atoms with Crippen LogP contribution in [0.5, 0.6) is 0 Å². The fourth-order valence-corrected chi connectivity index (χ4v) is 4.86. The first-order valence-corrected chi connectivity index (χ1v) is 10.5. The van der Waals surface area contributed by atoms with Crippen LogP contribution in [0.1, 0.15) is 81.8 Å². The zero-order valence-corrected chi connectivity index (χ0v) is 16.5. The average molecular weight is 353 g/mol. The molecule has 0 radical (unpaired) electrons. The van der Waals surface area contributed by atoms with E-state index in [0.717, 1.165) is 25.3 Å². The van der Waals surface area contributed by atoms with E-state index in [4.69, 9.17) is 0 Å². The molecule has 2 heterocycles. The normalized spacial score (nSPS) is 22.0. The molecule has 0 spiro atoms. The molecule has 1 aromatic heterocycles. The van der Waals surface area contributed by atoms with Crippen molar-refractivity contribution in [2.75, 3.05) is 6.54 Å². The molecule has 1 amide bonds. The zero-order chi connectivity index (χ0) is 18.3. The molecule has 1 aromatic carbocycles. The predicted octanol–water partition coefficient (Wildman–Crippen LogP) is 5.34. The summed E-state index contributed by atoms with van der Waals surface area (Å²) >= 11 is 0. The summed E-state index contributed by atoms with van der Waals surface area (Å²) in [7, 11) is 2.13. The van der Waals surface area contributed by atoms with E-state index >= 15 is 0 Å². The minimum Gasteiger partial charge on any atom is -0.350 e. The molecule has 3 nitrogen and oxygen atoms in total. The lowest BCUT2D eigenvalue weighted by Gasteiger charge is -2.36. The van der Waals surface area contributed by atoms with E-state index < -0.39 is 0 Å². The quantitative estimate of drug-likeness (QED) is 0.713. The highest BCUT2D eigenvalue weighted by Crippen LogP contribution is 2.45. The minimum atomic E-state index is 0.269. The Labute approximate surface area is 157 Å². The van der Waals surface area contributed by atoms with Gasteiger partial charge in [0.1, 0.15) is 0 Å². The van der Waals surface area contributed by atoms with Crippen molar-refractivity contribution in [3.05, 3.63) is 35.5 Å². The summed E-state index contributed by atoms with van der Waals surface area (Å²) in [5.74, 6) is 1.35. The number of carbonyl (C=O) groups excluding carboxylic acids is 1.